The quantitative estimate of drug-likeness (QED) is 0.545. The van der Waals surface area contributed by atoms with Gasteiger partial charge in [-0.3, -0.25) is 0 Å². The van der Waals surface area contributed by atoms with E-state index in [1.165, 1.54) is 0 Å². The van der Waals surface area contributed by atoms with Crippen LogP contribution in [0, 0.1) is 0 Å². The molecule has 2 N–H and O–H groups in total. The Bertz CT molecular complexity index is 785. The molecule has 0 saturated carbocycles. The van der Waals surface area contributed by atoms with Crippen molar-refractivity contribution in [3.8, 4) is 17.2 Å². The van der Waals surface area contributed by atoms with Gasteiger partial charge < -0.3 is 13.6 Å². The van der Waals surface area contributed by atoms with Crippen molar-refractivity contribution in [1.29, 1.82) is 0 Å². The number of para-hydroxylation sites is 3. The minimum Gasteiger partial charge on any atom is -0.454 e. The van der Waals surface area contributed by atoms with Crippen LogP contribution in [0.25, 0.3) is 0 Å². The van der Waals surface area contributed by atoms with Crippen LogP contribution in [0.3, 0.4) is 0 Å². The first-order valence-corrected chi connectivity index (χ1v) is 10.1. The van der Waals surface area contributed by atoms with Crippen molar-refractivity contribution in [3.63, 3.8) is 0 Å². The number of benzene rings is 3. The van der Waals surface area contributed by atoms with Gasteiger partial charge in [0.25, 0.3) is 0 Å². The van der Waals surface area contributed by atoms with Gasteiger partial charge in [0.2, 0.25) is 8.96 Å². The summed E-state index contributed by atoms with van der Waals surface area (Å²) in [5.41, 5.74) is 6.35. The number of hydrogen-bond acceptors (Lipinski definition) is 4. The largest absolute Gasteiger partial charge is 0.454 e. The van der Waals surface area contributed by atoms with Gasteiger partial charge in [0, 0.05) is 0 Å². The third-order valence-corrected chi connectivity index (χ3v) is 5.76. The van der Waals surface area contributed by atoms with Crippen LogP contribution in [0.15, 0.2) is 95.5 Å². The van der Waals surface area contributed by atoms with Gasteiger partial charge in [-0.1, -0.05) is 54.6 Å². The molecule has 0 saturated heterocycles. The minimum atomic E-state index is -3.04. The highest BCUT2D eigenvalue weighted by Crippen LogP contribution is 2.48. The first-order chi connectivity index (χ1) is 12.2. The van der Waals surface area contributed by atoms with Gasteiger partial charge in [-0.2, -0.15) is 4.52 Å². The molecule has 3 rings (SSSR count). The molecule has 0 heterocycles. The summed E-state index contributed by atoms with van der Waals surface area (Å²) in [6.45, 7) is 0. The zero-order chi connectivity index (χ0) is 17.4. The molecule has 1 atom stereocenters. The second-order valence-corrected chi connectivity index (χ2v) is 7.66. The third kappa shape index (κ3) is 5.61. The van der Waals surface area contributed by atoms with E-state index in [0.717, 1.165) is 5.75 Å². The number of nitrogens with zero attached hydrogens (tertiary/aromatic N) is 1. The molecule has 0 amide bonds. The molecule has 128 valence electrons. The maximum absolute atomic E-state index is 6.35. The highest BCUT2D eigenvalue weighted by Gasteiger charge is 2.20. The lowest BCUT2D eigenvalue weighted by Crippen LogP contribution is -2.09. The molecule has 1 unspecified atom stereocenters. The second kappa shape index (κ2) is 8.68. The summed E-state index contributed by atoms with van der Waals surface area (Å²) in [6, 6.07) is 27.9. The highest BCUT2D eigenvalue weighted by molar-refractivity contribution is 7.59. The molecule has 3 aromatic carbocycles. The van der Waals surface area contributed by atoms with Crippen LogP contribution in [0.4, 0.5) is 0 Å². The predicted octanol–water partition coefficient (Wildman–Crippen LogP) is 5.64. The summed E-state index contributed by atoms with van der Waals surface area (Å²) < 4.78 is 21.8. The van der Waals surface area contributed by atoms with E-state index in [-0.39, 0.29) is 8.96 Å². The molecule has 0 radical (unpaired) electrons. The van der Waals surface area contributed by atoms with Crippen LogP contribution in [0.5, 0.6) is 17.2 Å². The fraction of sp³-hybridized carbons (Fsp3) is 0. The van der Waals surface area contributed by atoms with Crippen molar-refractivity contribution in [2.24, 2.45) is 10.0 Å². The molecule has 3 aromatic rings. The first kappa shape index (κ1) is 17.5. The molecule has 25 heavy (non-hydrogen) atoms. The van der Waals surface area contributed by atoms with E-state index in [2.05, 4.69) is 4.52 Å². The number of rotatable bonds is 7. The Kier molecular flexibility index (Phi) is 6.08. The van der Waals surface area contributed by atoms with Gasteiger partial charge in [0.15, 0.2) is 0 Å². The van der Waals surface area contributed by atoms with Crippen LogP contribution in [-0.2, 0) is 0 Å². The van der Waals surface area contributed by atoms with Gasteiger partial charge in [-0.15, -0.1) is 0 Å². The summed E-state index contributed by atoms with van der Waals surface area (Å²) in [7, 11) is -3.27. The fourth-order valence-electron chi connectivity index (χ4n) is 1.94. The second-order valence-electron chi connectivity index (χ2n) is 4.98. The Hall–Kier alpha value is -2.32. The van der Waals surface area contributed by atoms with Gasteiger partial charge in [0.1, 0.15) is 17.2 Å². The zero-order valence-electron chi connectivity index (χ0n) is 13.4. The number of nitrogens with two attached hydrogens (primary N) is 1. The van der Waals surface area contributed by atoms with Crippen LogP contribution in [0.1, 0.15) is 0 Å². The maximum atomic E-state index is 6.35. The average molecular weight is 372 g/mol. The van der Waals surface area contributed by atoms with Crippen molar-refractivity contribution < 1.29 is 13.6 Å². The lowest BCUT2D eigenvalue weighted by Gasteiger charge is -2.20. The third-order valence-electron chi connectivity index (χ3n) is 3.05. The van der Waals surface area contributed by atoms with Gasteiger partial charge in [-0.05, 0) is 36.4 Å². The van der Waals surface area contributed by atoms with Crippen LogP contribution < -0.4 is 19.1 Å². The minimum absolute atomic E-state index is 0.236. The Labute approximate surface area is 149 Å². The molecule has 5 nitrogen and oxygen atoms in total. The van der Waals surface area contributed by atoms with Gasteiger partial charge in [0.05, 0.1) is 0 Å². The molecule has 0 fully saturated rings. The lowest BCUT2D eigenvalue weighted by atomic mass is 10.3. The van der Waals surface area contributed by atoms with Crippen LogP contribution in [0.2, 0.25) is 0 Å². The fourth-order valence-corrected chi connectivity index (χ4v) is 4.01. The summed E-state index contributed by atoms with van der Waals surface area (Å²) >= 11 is 0. The van der Waals surface area contributed by atoms with Crippen molar-refractivity contribution in [1.82, 2.24) is 0 Å². The molecule has 7 heteroatoms. The lowest BCUT2D eigenvalue weighted by molar-refractivity contribution is 0.477. The molecule has 0 aliphatic rings. The van der Waals surface area contributed by atoms with E-state index < -0.39 is 7.66 Å². The summed E-state index contributed by atoms with van der Waals surface area (Å²) in [5, 5.41) is 0. The monoisotopic (exact) mass is 372 g/mol. The van der Waals surface area contributed by atoms with E-state index in [4.69, 9.17) is 19.1 Å². The molecule has 0 aliphatic heterocycles. The predicted molar refractivity (Wildman–Crippen MR) is 103 cm³/mol. The number of hydrogen-bond donors (Lipinski definition) is 1. The summed E-state index contributed by atoms with van der Waals surface area (Å²) in [4.78, 5) is 0. The molecule has 0 bridgehead atoms. The smallest absolute Gasteiger partial charge is 0.398 e. The Morgan fingerprint density at radius 2 is 1.04 bits per heavy atom. The van der Waals surface area contributed by atoms with E-state index in [0.29, 0.717) is 11.5 Å². The Morgan fingerprint density at radius 1 is 0.640 bits per heavy atom. The molecular weight excluding hydrogens is 354 g/mol. The van der Waals surface area contributed by atoms with Crippen molar-refractivity contribution >= 4 is 16.6 Å². The van der Waals surface area contributed by atoms with Gasteiger partial charge >= 0.3 is 7.66 Å². The summed E-state index contributed by atoms with van der Waals surface area (Å²) in [5.74, 6) is 1.92. The molecule has 0 aromatic heterocycles. The van der Waals surface area contributed by atoms with Crippen molar-refractivity contribution in [2.75, 3.05) is 0 Å². The van der Waals surface area contributed by atoms with E-state index in [1.54, 1.807) is 0 Å². The van der Waals surface area contributed by atoms with Crippen LogP contribution in [-0.4, -0.2) is 0 Å². The van der Waals surface area contributed by atoms with Crippen molar-refractivity contribution in [2.45, 2.75) is 0 Å². The molecular formula is C18H18N2O3P2. The highest BCUT2D eigenvalue weighted by atomic mass is 31.2. The SMILES string of the molecule is NP(=NPOc1ccccc1)(Oc1ccccc1)Oc1ccccc1. The van der Waals surface area contributed by atoms with E-state index in [1.807, 2.05) is 91.0 Å². The first-order valence-electron chi connectivity index (χ1n) is 7.60. The van der Waals surface area contributed by atoms with E-state index in [9.17, 15) is 0 Å². The maximum Gasteiger partial charge on any atom is 0.398 e. The van der Waals surface area contributed by atoms with Crippen LogP contribution >= 0.6 is 16.6 Å². The zero-order valence-corrected chi connectivity index (χ0v) is 15.3. The standard InChI is InChI=1S/C18H18N2O3P2/c19-25(22-17-12-6-2-7-13-17,23-18-14-8-3-9-15-18)20-24-21-16-10-4-1-5-11-16/h1-15,24H,19H2. The normalized spacial score (nSPS) is 11.2. The van der Waals surface area contributed by atoms with E-state index >= 15 is 0 Å². The summed E-state index contributed by atoms with van der Waals surface area (Å²) in [6.07, 6.45) is 0. The Balaban J connectivity index is 1.78. The van der Waals surface area contributed by atoms with Crippen molar-refractivity contribution in [3.05, 3.63) is 91.0 Å². The average Bonchev–Trinajstić information content (AvgIpc) is 2.64. The topological polar surface area (TPSA) is 66.1 Å². The molecule has 0 spiro atoms. The molecule has 0 aliphatic carbocycles. The Morgan fingerprint density at radius 3 is 1.48 bits per heavy atom. The van der Waals surface area contributed by atoms with Gasteiger partial charge in [-0.25, -0.2) is 5.50 Å².